The molecule has 4 aromatic rings. The number of hydrogen-bond donors (Lipinski definition) is 0. The van der Waals surface area contributed by atoms with E-state index >= 15 is 0 Å². The molecule has 7 nitrogen and oxygen atoms in total. The third kappa shape index (κ3) is 3.44. The minimum Gasteiger partial charge on any atom is -0.465 e. The molecule has 4 rings (SSSR count). The first-order valence-corrected chi connectivity index (χ1v) is 10.9. The minimum atomic E-state index is -3.96. The molecule has 2 heterocycles. The summed E-state index contributed by atoms with van der Waals surface area (Å²) in [5.74, 6) is -0.451. The van der Waals surface area contributed by atoms with Crippen LogP contribution in [0.1, 0.15) is 15.9 Å². The molecule has 0 fully saturated rings. The molecule has 0 aliphatic rings. The maximum absolute atomic E-state index is 13.2. The molecule has 0 unspecified atom stereocenters. The maximum Gasteiger partial charge on any atom is 0.337 e. The van der Waals surface area contributed by atoms with E-state index in [0.29, 0.717) is 16.5 Å². The fraction of sp³-hybridized carbons (Fsp3) is 0.130. The van der Waals surface area contributed by atoms with E-state index in [0.717, 1.165) is 15.1 Å². The summed E-state index contributed by atoms with van der Waals surface area (Å²) in [5.41, 5.74) is 2.38. The summed E-state index contributed by atoms with van der Waals surface area (Å²) >= 11 is 0. The first kappa shape index (κ1) is 20.6. The molecule has 8 heteroatoms. The van der Waals surface area contributed by atoms with Gasteiger partial charge in [-0.15, -0.1) is 0 Å². The Bertz CT molecular complexity index is 1460. The number of nitrogens with zero attached hydrogens (tertiary/aromatic N) is 2. The Morgan fingerprint density at radius 3 is 2.23 bits per heavy atom. The average molecular weight is 436 g/mol. The summed E-state index contributed by atoms with van der Waals surface area (Å²) in [6.07, 6.45) is 3.05. The van der Waals surface area contributed by atoms with Crippen LogP contribution in [0.4, 0.5) is 0 Å². The standard InChI is InChI=1S/C23H20N2O5S/c1-15-4-10-18(11-5-15)31(28,29)25-13-12-19-20(14-24(2)22(26)21(19)25)16-6-8-17(9-7-16)23(27)30-3/h4-14H,1-3H3. The normalized spacial score (nSPS) is 11.6. The van der Waals surface area contributed by atoms with Crippen molar-refractivity contribution in [3.8, 4) is 11.1 Å². The van der Waals surface area contributed by atoms with E-state index in [1.165, 1.54) is 30.0 Å². The number of esters is 1. The van der Waals surface area contributed by atoms with E-state index in [4.69, 9.17) is 4.74 Å². The quantitative estimate of drug-likeness (QED) is 0.458. The molecular formula is C23H20N2O5S. The van der Waals surface area contributed by atoms with E-state index in [2.05, 4.69) is 0 Å². The largest absolute Gasteiger partial charge is 0.465 e. The zero-order valence-electron chi connectivity index (χ0n) is 17.2. The molecule has 0 aliphatic carbocycles. The number of pyridine rings is 1. The van der Waals surface area contributed by atoms with Crippen LogP contribution in [-0.4, -0.2) is 30.0 Å². The first-order valence-electron chi connectivity index (χ1n) is 9.45. The van der Waals surface area contributed by atoms with Gasteiger partial charge < -0.3 is 9.30 Å². The zero-order valence-corrected chi connectivity index (χ0v) is 18.0. The number of methoxy groups -OCH3 is 1. The number of hydrogen-bond acceptors (Lipinski definition) is 5. The highest BCUT2D eigenvalue weighted by Crippen LogP contribution is 2.29. The van der Waals surface area contributed by atoms with Crippen molar-refractivity contribution in [2.24, 2.45) is 7.05 Å². The molecule has 0 saturated carbocycles. The van der Waals surface area contributed by atoms with Crippen LogP contribution in [0.2, 0.25) is 0 Å². The highest BCUT2D eigenvalue weighted by molar-refractivity contribution is 7.90. The smallest absolute Gasteiger partial charge is 0.337 e. The van der Waals surface area contributed by atoms with E-state index < -0.39 is 21.6 Å². The van der Waals surface area contributed by atoms with Gasteiger partial charge in [-0.05, 0) is 42.8 Å². The van der Waals surface area contributed by atoms with Crippen molar-refractivity contribution in [2.45, 2.75) is 11.8 Å². The molecule has 0 radical (unpaired) electrons. The van der Waals surface area contributed by atoms with Gasteiger partial charge in [-0.2, -0.15) is 0 Å². The Morgan fingerprint density at radius 2 is 1.61 bits per heavy atom. The van der Waals surface area contributed by atoms with E-state index in [-0.39, 0.29) is 10.4 Å². The Kier molecular flexibility index (Phi) is 5.02. The van der Waals surface area contributed by atoms with E-state index in [1.807, 2.05) is 6.92 Å². The van der Waals surface area contributed by atoms with E-state index in [9.17, 15) is 18.0 Å². The lowest BCUT2D eigenvalue weighted by molar-refractivity contribution is 0.0600. The van der Waals surface area contributed by atoms with Crippen molar-refractivity contribution < 1.29 is 17.9 Å². The Balaban J connectivity index is 1.93. The highest BCUT2D eigenvalue weighted by Gasteiger charge is 2.23. The van der Waals surface area contributed by atoms with Crippen LogP contribution >= 0.6 is 0 Å². The number of ether oxygens (including phenoxy) is 1. The second-order valence-electron chi connectivity index (χ2n) is 7.22. The monoisotopic (exact) mass is 436 g/mol. The fourth-order valence-corrected chi connectivity index (χ4v) is 4.83. The van der Waals surface area contributed by atoms with Gasteiger partial charge in [-0.1, -0.05) is 29.8 Å². The van der Waals surface area contributed by atoms with Gasteiger partial charge in [-0.3, -0.25) is 4.79 Å². The van der Waals surface area contributed by atoms with Crippen LogP contribution in [0, 0.1) is 6.92 Å². The lowest BCUT2D eigenvalue weighted by atomic mass is 10.0. The molecule has 2 aromatic heterocycles. The van der Waals surface area contributed by atoms with E-state index in [1.54, 1.807) is 55.7 Å². The molecular weight excluding hydrogens is 416 g/mol. The van der Waals surface area contributed by atoms with Crippen molar-refractivity contribution in [1.29, 1.82) is 0 Å². The number of fused-ring (bicyclic) bond motifs is 1. The topological polar surface area (TPSA) is 87.4 Å². The molecule has 31 heavy (non-hydrogen) atoms. The lowest BCUT2D eigenvalue weighted by Crippen LogP contribution is -2.22. The minimum absolute atomic E-state index is 0.0672. The predicted molar refractivity (Wildman–Crippen MR) is 118 cm³/mol. The van der Waals surface area contributed by atoms with Crippen molar-refractivity contribution >= 4 is 26.9 Å². The molecule has 158 valence electrons. The summed E-state index contributed by atoms with van der Waals surface area (Å²) in [5, 5.41) is 0.504. The van der Waals surface area contributed by atoms with Crippen LogP contribution < -0.4 is 5.56 Å². The van der Waals surface area contributed by atoms with Crippen LogP contribution in [-0.2, 0) is 21.8 Å². The van der Waals surface area contributed by atoms with Crippen molar-refractivity contribution in [2.75, 3.05) is 7.11 Å². The van der Waals surface area contributed by atoms with Gasteiger partial charge >= 0.3 is 5.97 Å². The molecule has 0 saturated heterocycles. The van der Waals surface area contributed by atoms with Gasteiger partial charge in [0.25, 0.3) is 15.6 Å². The molecule has 0 aliphatic heterocycles. The predicted octanol–water partition coefficient (Wildman–Crippen LogP) is 3.34. The molecule has 0 bridgehead atoms. The zero-order chi connectivity index (χ0) is 22.3. The van der Waals surface area contributed by atoms with Crippen LogP contribution in [0.15, 0.2) is 76.7 Å². The third-order valence-corrected chi connectivity index (χ3v) is 6.87. The molecule has 0 spiro atoms. The Hall–Kier alpha value is -3.65. The lowest BCUT2D eigenvalue weighted by Gasteiger charge is -2.11. The Morgan fingerprint density at radius 1 is 0.968 bits per heavy atom. The fourth-order valence-electron chi connectivity index (χ4n) is 3.49. The highest BCUT2D eigenvalue weighted by atomic mass is 32.2. The average Bonchev–Trinajstić information content (AvgIpc) is 3.22. The second kappa shape index (κ2) is 7.55. The van der Waals surface area contributed by atoms with Crippen molar-refractivity contribution in [3.05, 3.63) is 88.5 Å². The van der Waals surface area contributed by atoms with Crippen LogP contribution in [0.5, 0.6) is 0 Å². The molecule has 2 aromatic carbocycles. The molecule has 0 N–H and O–H groups in total. The molecule has 0 atom stereocenters. The number of aryl methyl sites for hydroxylation is 2. The van der Waals surface area contributed by atoms with Gasteiger partial charge in [-0.25, -0.2) is 17.2 Å². The van der Waals surface area contributed by atoms with Gasteiger partial charge in [0.1, 0.15) is 5.52 Å². The molecule has 0 amide bonds. The Labute approximate surface area is 179 Å². The van der Waals surface area contributed by atoms with Gasteiger partial charge in [0.05, 0.1) is 17.6 Å². The summed E-state index contributed by atoms with van der Waals surface area (Å²) < 4.78 is 33.6. The first-order chi connectivity index (χ1) is 14.7. The summed E-state index contributed by atoms with van der Waals surface area (Å²) in [6.45, 7) is 1.87. The summed E-state index contributed by atoms with van der Waals surface area (Å²) in [4.78, 5) is 24.7. The second-order valence-corrected chi connectivity index (χ2v) is 9.03. The van der Waals surface area contributed by atoms with Crippen LogP contribution in [0.25, 0.3) is 22.0 Å². The number of carbonyl (C=O) groups excluding carboxylic acids is 1. The van der Waals surface area contributed by atoms with Gasteiger partial charge in [0.15, 0.2) is 0 Å². The summed E-state index contributed by atoms with van der Waals surface area (Å²) in [6, 6.07) is 14.8. The summed E-state index contributed by atoms with van der Waals surface area (Å²) in [7, 11) is -1.07. The van der Waals surface area contributed by atoms with Gasteiger partial charge in [0, 0.05) is 30.4 Å². The number of aromatic nitrogens is 2. The maximum atomic E-state index is 13.2. The SMILES string of the molecule is COC(=O)c1ccc(-c2cn(C)c(=O)c3c2ccn3S(=O)(=O)c2ccc(C)cc2)cc1. The van der Waals surface area contributed by atoms with Crippen LogP contribution in [0.3, 0.4) is 0 Å². The number of benzene rings is 2. The van der Waals surface area contributed by atoms with Crippen molar-refractivity contribution in [3.63, 3.8) is 0 Å². The van der Waals surface area contributed by atoms with Crippen molar-refractivity contribution in [1.82, 2.24) is 8.54 Å². The number of carbonyl (C=O) groups is 1. The number of rotatable bonds is 4. The third-order valence-electron chi connectivity index (χ3n) is 5.18. The van der Waals surface area contributed by atoms with Gasteiger partial charge in [0.2, 0.25) is 0 Å².